The molecule has 0 aliphatic carbocycles. The van der Waals surface area contributed by atoms with E-state index in [0.29, 0.717) is 5.57 Å². The highest BCUT2D eigenvalue weighted by atomic mass is 16.6. The van der Waals surface area contributed by atoms with Crippen LogP contribution in [0.1, 0.15) is 12.5 Å². The van der Waals surface area contributed by atoms with Crippen LogP contribution in [0.3, 0.4) is 0 Å². The molecule has 1 atom stereocenters. The zero-order valence-electron chi connectivity index (χ0n) is 9.68. The van der Waals surface area contributed by atoms with Gasteiger partial charge in [-0.2, -0.15) is 0 Å². The molecule has 3 nitrogen and oxygen atoms in total. The lowest BCUT2D eigenvalue weighted by molar-refractivity contribution is -0.140. The van der Waals surface area contributed by atoms with Gasteiger partial charge in [-0.15, -0.1) is 0 Å². The molecular formula is C14H14O3. The van der Waals surface area contributed by atoms with Crippen molar-refractivity contribution in [3.63, 3.8) is 0 Å². The lowest BCUT2D eigenvalue weighted by Crippen LogP contribution is -2.24. The van der Waals surface area contributed by atoms with Crippen molar-refractivity contribution < 1.29 is 14.3 Å². The van der Waals surface area contributed by atoms with Gasteiger partial charge < -0.3 is 9.47 Å². The zero-order chi connectivity index (χ0) is 12.3. The predicted octanol–water partition coefficient (Wildman–Crippen LogP) is 2.58. The molecule has 88 valence electrons. The van der Waals surface area contributed by atoms with Gasteiger partial charge in [0.2, 0.25) is 0 Å². The second kappa shape index (κ2) is 4.87. The van der Waals surface area contributed by atoms with E-state index in [1.807, 2.05) is 36.4 Å². The first-order valence-corrected chi connectivity index (χ1v) is 5.43. The summed E-state index contributed by atoms with van der Waals surface area (Å²) in [4.78, 5) is 11.2. The van der Waals surface area contributed by atoms with Crippen LogP contribution in [0.2, 0.25) is 0 Å². The average molecular weight is 230 g/mol. The highest BCUT2D eigenvalue weighted by Crippen LogP contribution is 2.25. The number of rotatable bonds is 3. The van der Waals surface area contributed by atoms with Gasteiger partial charge in [0.1, 0.15) is 12.4 Å². The van der Waals surface area contributed by atoms with Crippen LogP contribution in [0.4, 0.5) is 0 Å². The zero-order valence-corrected chi connectivity index (χ0v) is 9.68. The molecule has 0 radical (unpaired) electrons. The first kappa shape index (κ1) is 11.5. The Kier molecular flexibility index (Phi) is 3.28. The van der Waals surface area contributed by atoms with Crippen molar-refractivity contribution in [2.24, 2.45) is 0 Å². The van der Waals surface area contributed by atoms with E-state index < -0.39 is 0 Å². The van der Waals surface area contributed by atoms with Gasteiger partial charge in [-0.1, -0.05) is 30.9 Å². The third-order valence-electron chi connectivity index (χ3n) is 2.41. The molecule has 0 bridgehead atoms. The van der Waals surface area contributed by atoms with Crippen LogP contribution in [0.5, 0.6) is 5.75 Å². The summed E-state index contributed by atoms with van der Waals surface area (Å²) >= 11 is 0. The van der Waals surface area contributed by atoms with E-state index in [1.54, 1.807) is 6.92 Å². The van der Waals surface area contributed by atoms with Crippen LogP contribution >= 0.6 is 0 Å². The minimum absolute atomic E-state index is 0.205. The van der Waals surface area contributed by atoms with Gasteiger partial charge >= 0.3 is 5.97 Å². The lowest BCUT2D eigenvalue weighted by atomic mass is 10.1. The summed E-state index contributed by atoms with van der Waals surface area (Å²) in [5, 5.41) is 0. The van der Waals surface area contributed by atoms with Crippen LogP contribution in [-0.2, 0) is 9.53 Å². The highest BCUT2D eigenvalue weighted by Gasteiger charge is 2.16. The smallest absolute Gasteiger partial charge is 0.333 e. The standard InChI is InChI=1S/C14H14O3/c1-10(2)14(15)16-9-12-8-7-11-5-3-4-6-13(11)17-12/h3-8,12H,1,9H2,2H3. The Morgan fingerprint density at radius 1 is 1.47 bits per heavy atom. The first-order valence-electron chi connectivity index (χ1n) is 5.43. The molecule has 3 heteroatoms. The Morgan fingerprint density at radius 3 is 3.00 bits per heavy atom. The van der Waals surface area contributed by atoms with Crippen molar-refractivity contribution in [1.82, 2.24) is 0 Å². The Balaban J connectivity index is 1.95. The third kappa shape index (κ3) is 2.75. The van der Waals surface area contributed by atoms with E-state index in [2.05, 4.69) is 6.58 Å². The SMILES string of the molecule is C=C(C)C(=O)OCC1C=Cc2ccccc2O1. The molecule has 0 spiro atoms. The number of ether oxygens (including phenoxy) is 2. The normalized spacial score (nSPS) is 16.9. The monoisotopic (exact) mass is 230 g/mol. The number of hydrogen-bond acceptors (Lipinski definition) is 3. The van der Waals surface area contributed by atoms with Gasteiger partial charge in [0.25, 0.3) is 0 Å². The maximum atomic E-state index is 11.2. The Labute approximate surface area is 100 Å². The molecule has 1 aliphatic rings. The van der Waals surface area contributed by atoms with Gasteiger partial charge in [-0.25, -0.2) is 4.79 Å². The molecule has 0 N–H and O–H groups in total. The molecule has 1 heterocycles. The van der Waals surface area contributed by atoms with Crippen LogP contribution < -0.4 is 4.74 Å². The summed E-state index contributed by atoms with van der Waals surface area (Å²) in [6.45, 7) is 5.35. The quantitative estimate of drug-likeness (QED) is 0.591. The molecule has 0 amide bonds. The molecule has 1 aromatic carbocycles. The van der Waals surface area contributed by atoms with E-state index in [0.717, 1.165) is 11.3 Å². The van der Waals surface area contributed by atoms with Gasteiger partial charge in [-0.3, -0.25) is 0 Å². The topological polar surface area (TPSA) is 35.5 Å². The van der Waals surface area contributed by atoms with Crippen LogP contribution in [0, 0.1) is 0 Å². The Hall–Kier alpha value is -2.03. The van der Waals surface area contributed by atoms with E-state index in [4.69, 9.17) is 9.47 Å². The maximum absolute atomic E-state index is 11.2. The summed E-state index contributed by atoms with van der Waals surface area (Å²) in [5.41, 5.74) is 1.43. The van der Waals surface area contributed by atoms with Gasteiger partial charge in [0.05, 0.1) is 0 Å². The summed E-state index contributed by atoms with van der Waals surface area (Å²) in [5.74, 6) is 0.423. The number of esters is 1. The third-order valence-corrected chi connectivity index (χ3v) is 2.41. The molecule has 0 saturated heterocycles. The highest BCUT2D eigenvalue weighted by molar-refractivity contribution is 5.86. The largest absolute Gasteiger partial charge is 0.482 e. The Bertz CT molecular complexity index is 474. The maximum Gasteiger partial charge on any atom is 0.333 e. The minimum atomic E-state index is -0.388. The van der Waals surface area contributed by atoms with E-state index in [1.165, 1.54) is 0 Å². The van der Waals surface area contributed by atoms with Crippen molar-refractivity contribution in [2.45, 2.75) is 13.0 Å². The summed E-state index contributed by atoms with van der Waals surface area (Å²) in [7, 11) is 0. The average Bonchev–Trinajstić information content (AvgIpc) is 2.35. The van der Waals surface area contributed by atoms with E-state index in [-0.39, 0.29) is 18.7 Å². The lowest BCUT2D eigenvalue weighted by Gasteiger charge is -2.21. The van der Waals surface area contributed by atoms with Crippen molar-refractivity contribution in [2.75, 3.05) is 6.61 Å². The molecule has 1 aromatic rings. The van der Waals surface area contributed by atoms with Crippen LogP contribution in [0.15, 0.2) is 42.5 Å². The van der Waals surface area contributed by atoms with Gasteiger partial charge in [0.15, 0.2) is 6.10 Å². The number of fused-ring (bicyclic) bond motifs is 1. The van der Waals surface area contributed by atoms with Crippen molar-refractivity contribution in [1.29, 1.82) is 0 Å². The fourth-order valence-corrected chi connectivity index (χ4v) is 1.51. The summed E-state index contributed by atoms with van der Waals surface area (Å²) in [6.07, 6.45) is 3.62. The number of benzene rings is 1. The van der Waals surface area contributed by atoms with Crippen LogP contribution in [-0.4, -0.2) is 18.7 Å². The number of para-hydroxylation sites is 1. The summed E-state index contributed by atoms with van der Waals surface area (Å²) < 4.78 is 10.7. The van der Waals surface area contributed by atoms with E-state index in [9.17, 15) is 4.79 Å². The fraction of sp³-hybridized carbons (Fsp3) is 0.214. The van der Waals surface area contributed by atoms with Gasteiger partial charge in [-0.05, 0) is 19.1 Å². The van der Waals surface area contributed by atoms with E-state index >= 15 is 0 Å². The molecule has 0 aromatic heterocycles. The minimum Gasteiger partial charge on any atom is -0.482 e. The molecule has 0 fully saturated rings. The second-order valence-electron chi connectivity index (χ2n) is 3.93. The predicted molar refractivity (Wildman–Crippen MR) is 65.7 cm³/mol. The number of carbonyl (C=O) groups excluding carboxylic acids is 1. The second-order valence-corrected chi connectivity index (χ2v) is 3.93. The van der Waals surface area contributed by atoms with Crippen molar-refractivity contribution >= 4 is 12.0 Å². The van der Waals surface area contributed by atoms with Gasteiger partial charge in [0, 0.05) is 11.1 Å². The molecular weight excluding hydrogens is 216 g/mol. The molecule has 17 heavy (non-hydrogen) atoms. The molecule has 0 saturated carbocycles. The van der Waals surface area contributed by atoms with Crippen LogP contribution in [0.25, 0.3) is 6.08 Å². The van der Waals surface area contributed by atoms with Crippen molar-refractivity contribution in [3.8, 4) is 5.75 Å². The molecule has 1 unspecified atom stereocenters. The first-order chi connectivity index (χ1) is 8.16. The molecule has 1 aliphatic heterocycles. The number of carbonyl (C=O) groups is 1. The molecule has 2 rings (SSSR count). The number of hydrogen-bond donors (Lipinski definition) is 0. The summed E-state index contributed by atoms with van der Waals surface area (Å²) in [6, 6.07) is 7.73. The fourth-order valence-electron chi connectivity index (χ4n) is 1.51. The Morgan fingerprint density at radius 2 is 2.24 bits per heavy atom. The van der Waals surface area contributed by atoms with Crippen molar-refractivity contribution in [3.05, 3.63) is 48.1 Å².